The summed E-state index contributed by atoms with van der Waals surface area (Å²) >= 11 is 6.67. The molecule has 104 valence electrons. The molecule has 2 N–H and O–H groups in total. The zero-order chi connectivity index (χ0) is 13.5. The lowest BCUT2D eigenvalue weighted by Crippen LogP contribution is -1.85. The standard InChI is InChI=1S/C9H14N6S4/c1-10-6-12-14-8(18-6)16-4-3-5-17-9-15-13-7(11-2)19-9/h3-5H2,1-2H3,(H,10,12)(H,11,13). The number of nitrogens with one attached hydrogen (secondary N) is 2. The van der Waals surface area contributed by atoms with Crippen LogP contribution in [0.2, 0.25) is 0 Å². The lowest BCUT2D eigenvalue weighted by Gasteiger charge is -1.96. The maximum absolute atomic E-state index is 4.09. The fraction of sp³-hybridized carbons (Fsp3) is 0.556. The van der Waals surface area contributed by atoms with Gasteiger partial charge in [-0.2, -0.15) is 0 Å². The van der Waals surface area contributed by atoms with Crippen LogP contribution in [0.1, 0.15) is 6.42 Å². The molecule has 2 aromatic rings. The van der Waals surface area contributed by atoms with Crippen molar-refractivity contribution in [1.82, 2.24) is 20.4 Å². The molecule has 0 aliphatic carbocycles. The Balaban J connectivity index is 1.61. The fourth-order valence-electron chi connectivity index (χ4n) is 1.12. The lowest BCUT2D eigenvalue weighted by molar-refractivity contribution is 1.00. The molecule has 0 saturated heterocycles. The minimum absolute atomic E-state index is 0.866. The van der Waals surface area contributed by atoms with Crippen molar-refractivity contribution in [3.8, 4) is 0 Å². The zero-order valence-electron chi connectivity index (χ0n) is 10.5. The molecule has 0 aromatic carbocycles. The van der Waals surface area contributed by atoms with Gasteiger partial charge in [-0.05, 0) is 6.42 Å². The number of rotatable bonds is 8. The molecule has 0 bridgehead atoms. The van der Waals surface area contributed by atoms with Gasteiger partial charge in [-0.1, -0.05) is 46.2 Å². The lowest BCUT2D eigenvalue weighted by atomic mass is 10.6. The van der Waals surface area contributed by atoms with E-state index in [1.54, 1.807) is 46.2 Å². The van der Waals surface area contributed by atoms with E-state index in [2.05, 4.69) is 31.0 Å². The number of thioether (sulfide) groups is 2. The Morgan fingerprint density at radius 1 is 0.842 bits per heavy atom. The van der Waals surface area contributed by atoms with Gasteiger partial charge in [0, 0.05) is 25.6 Å². The first kappa shape index (κ1) is 14.8. The van der Waals surface area contributed by atoms with Crippen molar-refractivity contribution in [2.24, 2.45) is 0 Å². The molecule has 0 aliphatic heterocycles. The molecule has 0 unspecified atom stereocenters. The fourth-order valence-corrected chi connectivity index (χ4v) is 4.73. The van der Waals surface area contributed by atoms with Gasteiger partial charge in [-0.3, -0.25) is 0 Å². The molecule has 0 radical (unpaired) electrons. The van der Waals surface area contributed by atoms with Gasteiger partial charge in [0.05, 0.1) is 0 Å². The highest BCUT2D eigenvalue weighted by Crippen LogP contribution is 2.28. The molecule has 0 saturated carbocycles. The highest BCUT2D eigenvalue weighted by atomic mass is 32.2. The largest absolute Gasteiger partial charge is 0.363 e. The van der Waals surface area contributed by atoms with Gasteiger partial charge < -0.3 is 10.6 Å². The van der Waals surface area contributed by atoms with E-state index in [4.69, 9.17) is 0 Å². The molecule has 10 heteroatoms. The van der Waals surface area contributed by atoms with E-state index in [1.807, 2.05) is 14.1 Å². The minimum atomic E-state index is 0.866. The number of nitrogens with zero attached hydrogens (tertiary/aromatic N) is 4. The van der Waals surface area contributed by atoms with Crippen LogP contribution in [0, 0.1) is 0 Å². The van der Waals surface area contributed by atoms with E-state index in [0.717, 1.165) is 36.9 Å². The molecular weight excluding hydrogens is 320 g/mol. The summed E-state index contributed by atoms with van der Waals surface area (Å²) in [6.45, 7) is 0. The molecule has 2 heterocycles. The Hall–Kier alpha value is -0.580. The topological polar surface area (TPSA) is 75.6 Å². The van der Waals surface area contributed by atoms with Crippen LogP contribution in [-0.2, 0) is 0 Å². The summed E-state index contributed by atoms with van der Waals surface area (Å²) in [5, 5.41) is 23.9. The molecule has 6 nitrogen and oxygen atoms in total. The average molecular weight is 335 g/mol. The molecule has 0 fully saturated rings. The summed E-state index contributed by atoms with van der Waals surface area (Å²) in [4.78, 5) is 0. The van der Waals surface area contributed by atoms with Crippen LogP contribution in [0.4, 0.5) is 10.3 Å². The first-order chi connectivity index (χ1) is 9.31. The third-order valence-electron chi connectivity index (χ3n) is 1.98. The highest BCUT2D eigenvalue weighted by molar-refractivity contribution is 8.01. The second kappa shape index (κ2) is 7.88. The minimum Gasteiger partial charge on any atom is -0.363 e. The van der Waals surface area contributed by atoms with Gasteiger partial charge >= 0.3 is 0 Å². The van der Waals surface area contributed by atoms with Crippen LogP contribution in [0.15, 0.2) is 8.68 Å². The summed E-state index contributed by atoms with van der Waals surface area (Å²) < 4.78 is 2.03. The van der Waals surface area contributed by atoms with Crippen LogP contribution < -0.4 is 10.6 Å². The summed E-state index contributed by atoms with van der Waals surface area (Å²) in [6.07, 6.45) is 1.11. The molecule has 0 atom stereocenters. The first-order valence-electron chi connectivity index (χ1n) is 5.60. The van der Waals surface area contributed by atoms with E-state index < -0.39 is 0 Å². The second-order valence-electron chi connectivity index (χ2n) is 3.30. The van der Waals surface area contributed by atoms with Crippen molar-refractivity contribution >= 4 is 56.5 Å². The van der Waals surface area contributed by atoms with E-state index in [-0.39, 0.29) is 0 Å². The molecule has 2 rings (SSSR count). The maximum Gasteiger partial charge on any atom is 0.206 e. The monoisotopic (exact) mass is 334 g/mol. The number of anilines is 2. The van der Waals surface area contributed by atoms with E-state index in [0.29, 0.717) is 0 Å². The average Bonchev–Trinajstić information content (AvgIpc) is 3.06. The van der Waals surface area contributed by atoms with Crippen molar-refractivity contribution < 1.29 is 0 Å². The van der Waals surface area contributed by atoms with E-state index in [9.17, 15) is 0 Å². The molecule has 19 heavy (non-hydrogen) atoms. The molecule has 0 aliphatic rings. The van der Waals surface area contributed by atoms with Crippen molar-refractivity contribution in [2.45, 2.75) is 15.1 Å². The number of hydrogen-bond donors (Lipinski definition) is 2. The predicted molar refractivity (Wildman–Crippen MR) is 85.0 cm³/mol. The van der Waals surface area contributed by atoms with Gasteiger partial charge in [-0.25, -0.2) is 0 Å². The molecule has 2 aromatic heterocycles. The SMILES string of the molecule is CNc1nnc(SCCCSc2nnc(NC)s2)s1. The summed E-state index contributed by atoms with van der Waals surface area (Å²) in [6, 6.07) is 0. The van der Waals surface area contributed by atoms with Gasteiger partial charge in [0.25, 0.3) is 0 Å². The maximum atomic E-state index is 4.09. The third-order valence-corrected chi connectivity index (χ3v) is 6.30. The zero-order valence-corrected chi connectivity index (χ0v) is 13.8. The summed E-state index contributed by atoms with van der Waals surface area (Å²) in [7, 11) is 3.71. The van der Waals surface area contributed by atoms with Crippen LogP contribution in [0.5, 0.6) is 0 Å². The molecular formula is C9H14N6S4. The van der Waals surface area contributed by atoms with Gasteiger partial charge in [0.2, 0.25) is 10.3 Å². The number of aromatic nitrogens is 4. The van der Waals surface area contributed by atoms with Crippen LogP contribution in [0.25, 0.3) is 0 Å². The molecule has 0 amide bonds. The Morgan fingerprint density at radius 2 is 1.32 bits per heavy atom. The Bertz CT molecular complexity index is 454. The predicted octanol–water partition coefficient (Wildman–Crippen LogP) is 2.75. The smallest absolute Gasteiger partial charge is 0.206 e. The first-order valence-corrected chi connectivity index (χ1v) is 9.20. The van der Waals surface area contributed by atoms with Crippen LogP contribution >= 0.6 is 46.2 Å². The highest BCUT2D eigenvalue weighted by Gasteiger charge is 2.04. The molecule has 0 spiro atoms. The van der Waals surface area contributed by atoms with E-state index in [1.165, 1.54) is 0 Å². The van der Waals surface area contributed by atoms with E-state index >= 15 is 0 Å². The Kier molecular flexibility index (Phi) is 6.14. The normalized spacial score (nSPS) is 10.6. The van der Waals surface area contributed by atoms with Gasteiger partial charge in [0.15, 0.2) is 8.68 Å². The van der Waals surface area contributed by atoms with Crippen LogP contribution in [-0.4, -0.2) is 46.0 Å². The van der Waals surface area contributed by atoms with Gasteiger partial charge in [0.1, 0.15) is 0 Å². The van der Waals surface area contributed by atoms with Crippen molar-refractivity contribution in [1.29, 1.82) is 0 Å². The van der Waals surface area contributed by atoms with Crippen LogP contribution in [0.3, 0.4) is 0 Å². The summed E-state index contributed by atoms with van der Waals surface area (Å²) in [5.41, 5.74) is 0. The second-order valence-corrected chi connectivity index (χ2v) is 7.94. The summed E-state index contributed by atoms with van der Waals surface area (Å²) in [5.74, 6) is 2.09. The number of hydrogen-bond acceptors (Lipinski definition) is 10. The van der Waals surface area contributed by atoms with Crippen molar-refractivity contribution in [2.75, 3.05) is 36.2 Å². The Morgan fingerprint density at radius 3 is 1.68 bits per heavy atom. The van der Waals surface area contributed by atoms with Crippen molar-refractivity contribution in [3.63, 3.8) is 0 Å². The third kappa shape index (κ3) is 4.79. The van der Waals surface area contributed by atoms with Crippen molar-refractivity contribution in [3.05, 3.63) is 0 Å². The van der Waals surface area contributed by atoms with Gasteiger partial charge in [-0.15, -0.1) is 20.4 Å². The quantitative estimate of drug-likeness (QED) is 0.564. The Labute approximate surface area is 128 Å².